The summed E-state index contributed by atoms with van der Waals surface area (Å²) in [6.07, 6.45) is 0.396. The summed E-state index contributed by atoms with van der Waals surface area (Å²) in [7, 11) is 0. The van der Waals surface area contributed by atoms with Crippen LogP contribution >= 0.6 is 0 Å². The van der Waals surface area contributed by atoms with Gasteiger partial charge >= 0.3 is 0 Å². The Morgan fingerprint density at radius 1 is 1.28 bits per heavy atom. The third-order valence-corrected chi connectivity index (χ3v) is 3.41. The topological polar surface area (TPSA) is 69.6 Å². The molecule has 0 saturated heterocycles. The van der Waals surface area contributed by atoms with Crippen LogP contribution in [0.3, 0.4) is 0 Å². The smallest absolute Gasteiger partial charge is 0.231 e. The van der Waals surface area contributed by atoms with Crippen molar-refractivity contribution in [2.45, 2.75) is 26.3 Å². The molecule has 0 aromatic heterocycles. The van der Waals surface area contributed by atoms with Crippen molar-refractivity contribution in [3.8, 4) is 0 Å². The van der Waals surface area contributed by atoms with Crippen LogP contribution in [0.2, 0.25) is 0 Å². The molecule has 0 fully saturated rings. The van der Waals surface area contributed by atoms with Crippen molar-refractivity contribution in [3.63, 3.8) is 0 Å². The van der Waals surface area contributed by atoms with Gasteiger partial charge in [-0.2, -0.15) is 0 Å². The van der Waals surface area contributed by atoms with Gasteiger partial charge in [0.1, 0.15) is 0 Å². The van der Waals surface area contributed by atoms with Crippen molar-refractivity contribution in [2.24, 2.45) is 5.41 Å². The number of aliphatic hydroxyl groups excluding tert-OH is 2. The average Bonchev–Trinajstić information content (AvgIpc) is 2.42. The maximum absolute atomic E-state index is 12.1. The lowest BCUT2D eigenvalue weighted by molar-refractivity contribution is -0.137. The highest BCUT2D eigenvalue weighted by atomic mass is 16.3. The van der Waals surface area contributed by atoms with Gasteiger partial charge in [0.25, 0.3) is 0 Å². The number of rotatable bonds is 6. The van der Waals surface area contributed by atoms with E-state index in [1.807, 2.05) is 37.3 Å². The van der Waals surface area contributed by atoms with Gasteiger partial charge in [-0.15, -0.1) is 0 Å². The van der Waals surface area contributed by atoms with Gasteiger partial charge < -0.3 is 15.5 Å². The molecule has 0 aliphatic carbocycles. The fourth-order valence-electron chi connectivity index (χ4n) is 1.75. The minimum atomic E-state index is -1.09. The van der Waals surface area contributed by atoms with Crippen LogP contribution in [-0.4, -0.2) is 29.3 Å². The maximum Gasteiger partial charge on any atom is 0.231 e. The summed E-state index contributed by atoms with van der Waals surface area (Å²) in [5, 5.41) is 21.5. The second-order valence-corrected chi connectivity index (χ2v) is 4.56. The lowest BCUT2D eigenvalue weighted by Crippen LogP contribution is -2.46. The summed E-state index contributed by atoms with van der Waals surface area (Å²) in [6, 6.07) is 9.43. The monoisotopic (exact) mass is 251 g/mol. The molecule has 4 nitrogen and oxygen atoms in total. The zero-order chi connectivity index (χ0) is 13.6. The first-order valence-electron chi connectivity index (χ1n) is 6.17. The summed E-state index contributed by atoms with van der Waals surface area (Å²) < 4.78 is 0. The quantitative estimate of drug-likeness (QED) is 0.712. The van der Waals surface area contributed by atoms with Gasteiger partial charge in [-0.25, -0.2) is 0 Å². The van der Waals surface area contributed by atoms with E-state index >= 15 is 0 Å². The molecule has 0 heterocycles. The number of nitrogens with one attached hydrogen (secondary N) is 1. The molecule has 1 rings (SSSR count). The van der Waals surface area contributed by atoms with Gasteiger partial charge in [0.2, 0.25) is 5.91 Å². The minimum absolute atomic E-state index is 0.150. The molecule has 1 amide bonds. The number of hydrogen-bond acceptors (Lipinski definition) is 3. The van der Waals surface area contributed by atoms with E-state index in [0.29, 0.717) is 6.42 Å². The first-order valence-corrected chi connectivity index (χ1v) is 6.17. The van der Waals surface area contributed by atoms with E-state index in [2.05, 4.69) is 5.32 Å². The van der Waals surface area contributed by atoms with Gasteiger partial charge in [0.15, 0.2) is 0 Å². The highest BCUT2D eigenvalue weighted by Crippen LogP contribution is 2.22. The fourth-order valence-corrected chi connectivity index (χ4v) is 1.75. The van der Waals surface area contributed by atoms with Gasteiger partial charge in [-0.05, 0) is 18.9 Å². The molecule has 0 unspecified atom stereocenters. The molecule has 0 bridgehead atoms. The van der Waals surface area contributed by atoms with Crippen molar-refractivity contribution in [2.75, 3.05) is 13.2 Å². The Morgan fingerprint density at radius 2 is 1.83 bits per heavy atom. The minimum Gasteiger partial charge on any atom is -0.395 e. The van der Waals surface area contributed by atoms with E-state index in [-0.39, 0.29) is 25.2 Å². The van der Waals surface area contributed by atoms with Crippen LogP contribution in [0.25, 0.3) is 0 Å². The summed E-state index contributed by atoms with van der Waals surface area (Å²) in [4.78, 5) is 12.1. The molecular formula is C14H21NO3. The van der Waals surface area contributed by atoms with E-state index in [4.69, 9.17) is 0 Å². The van der Waals surface area contributed by atoms with Crippen molar-refractivity contribution in [1.82, 2.24) is 5.32 Å². The van der Waals surface area contributed by atoms with Crippen LogP contribution in [0.15, 0.2) is 30.3 Å². The van der Waals surface area contributed by atoms with Crippen LogP contribution in [-0.2, 0) is 4.79 Å². The molecule has 18 heavy (non-hydrogen) atoms. The third kappa shape index (κ3) is 3.09. The molecule has 100 valence electrons. The van der Waals surface area contributed by atoms with Gasteiger partial charge in [-0.3, -0.25) is 4.79 Å². The second-order valence-electron chi connectivity index (χ2n) is 4.56. The lowest BCUT2D eigenvalue weighted by atomic mass is 9.85. The molecule has 0 saturated carbocycles. The highest BCUT2D eigenvalue weighted by molar-refractivity contribution is 5.83. The molecule has 0 spiro atoms. The Balaban J connectivity index is 2.75. The second kappa shape index (κ2) is 6.52. The van der Waals surface area contributed by atoms with Crippen molar-refractivity contribution >= 4 is 5.91 Å². The Labute approximate surface area is 108 Å². The number of carbonyl (C=O) groups is 1. The SMILES string of the molecule is CCC(CO)(CO)C(=O)N[C@H](C)c1ccccc1. The Morgan fingerprint density at radius 3 is 2.28 bits per heavy atom. The Kier molecular flexibility index (Phi) is 5.31. The van der Waals surface area contributed by atoms with E-state index in [9.17, 15) is 15.0 Å². The summed E-state index contributed by atoms with van der Waals surface area (Å²) >= 11 is 0. The third-order valence-electron chi connectivity index (χ3n) is 3.41. The van der Waals surface area contributed by atoms with E-state index in [1.54, 1.807) is 6.92 Å². The molecule has 0 radical (unpaired) electrons. The van der Waals surface area contributed by atoms with Crippen LogP contribution in [0.1, 0.15) is 31.9 Å². The number of hydrogen-bond donors (Lipinski definition) is 3. The zero-order valence-corrected chi connectivity index (χ0v) is 10.9. The summed E-state index contributed by atoms with van der Waals surface area (Å²) in [5.41, 5.74) is -0.102. The average molecular weight is 251 g/mol. The maximum atomic E-state index is 12.1. The van der Waals surface area contributed by atoms with E-state index in [1.165, 1.54) is 0 Å². The van der Waals surface area contributed by atoms with E-state index < -0.39 is 5.41 Å². The van der Waals surface area contributed by atoms with Crippen LogP contribution < -0.4 is 5.32 Å². The summed E-state index contributed by atoms with van der Waals surface area (Å²) in [5.74, 6) is -0.314. The van der Waals surface area contributed by atoms with Crippen molar-refractivity contribution < 1.29 is 15.0 Å². The highest BCUT2D eigenvalue weighted by Gasteiger charge is 2.36. The number of carbonyl (C=O) groups excluding carboxylic acids is 1. The summed E-state index contributed by atoms with van der Waals surface area (Å²) in [6.45, 7) is 2.95. The largest absolute Gasteiger partial charge is 0.395 e. The molecule has 3 N–H and O–H groups in total. The first-order chi connectivity index (χ1) is 8.59. The van der Waals surface area contributed by atoms with Gasteiger partial charge in [0.05, 0.1) is 24.7 Å². The van der Waals surface area contributed by atoms with Crippen LogP contribution in [0.4, 0.5) is 0 Å². The molecule has 0 aliphatic rings. The number of benzene rings is 1. The number of aliphatic hydroxyl groups is 2. The van der Waals surface area contributed by atoms with Gasteiger partial charge in [-0.1, -0.05) is 37.3 Å². The standard InChI is InChI=1S/C14H21NO3/c1-3-14(9-16,10-17)13(18)15-11(2)12-7-5-4-6-8-12/h4-8,11,16-17H,3,9-10H2,1-2H3,(H,15,18)/t11-/m1/s1. The molecule has 1 aromatic rings. The van der Waals surface area contributed by atoms with E-state index in [0.717, 1.165) is 5.56 Å². The predicted molar refractivity (Wildman–Crippen MR) is 69.9 cm³/mol. The normalized spacial score (nSPS) is 13.1. The Hall–Kier alpha value is -1.39. The van der Waals surface area contributed by atoms with Crippen molar-refractivity contribution in [3.05, 3.63) is 35.9 Å². The number of amides is 1. The van der Waals surface area contributed by atoms with Crippen molar-refractivity contribution in [1.29, 1.82) is 0 Å². The zero-order valence-electron chi connectivity index (χ0n) is 10.9. The molecule has 0 aliphatic heterocycles. The predicted octanol–water partition coefficient (Wildman–Crippen LogP) is 1.24. The first kappa shape index (κ1) is 14.7. The van der Waals surface area contributed by atoms with Gasteiger partial charge in [0, 0.05) is 0 Å². The molecular weight excluding hydrogens is 230 g/mol. The molecule has 1 aromatic carbocycles. The molecule has 1 atom stereocenters. The Bertz CT molecular complexity index is 366. The fraction of sp³-hybridized carbons (Fsp3) is 0.500. The molecule has 4 heteroatoms. The van der Waals surface area contributed by atoms with Crippen LogP contribution in [0.5, 0.6) is 0 Å². The van der Waals surface area contributed by atoms with Crippen LogP contribution in [0, 0.1) is 5.41 Å². The lowest BCUT2D eigenvalue weighted by Gasteiger charge is -2.28.